The summed E-state index contributed by atoms with van der Waals surface area (Å²) in [6, 6.07) is 4.21. The van der Waals surface area contributed by atoms with Crippen LogP contribution in [0.4, 0.5) is 17.6 Å². The minimum atomic E-state index is -3.14. The van der Waals surface area contributed by atoms with Gasteiger partial charge in [0, 0.05) is 18.1 Å². The van der Waals surface area contributed by atoms with Gasteiger partial charge in [-0.2, -0.15) is 8.78 Å². The van der Waals surface area contributed by atoms with Crippen molar-refractivity contribution in [2.75, 3.05) is 6.54 Å². The van der Waals surface area contributed by atoms with E-state index in [-0.39, 0.29) is 41.4 Å². The molecule has 2 amide bonds. The van der Waals surface area contributed by atoms with Crippen LogP contribution in [0, 0.1) is 17.0 Å². The topological polar surface area (TPSA) is 129 Å². The van der Waals surface area contributed by atoms with Crippen LogP contribution in [0.5, 0.6) is 5.75 Å². The van der Waals surface area contributed by atoms with Gasteiger partial charge in [-0.05, 0) is 47.9 Å². The number of amidine groups is 1. The second-order valence-corrected chi connectivity index (χ2v) is 7.84. The fourth-order valence-electron chi connectivity index (χ4n) is 3.43. The molecule has 1 aliphatic rings. The van der Waals surface area contributed by atoms with Crippen LogP contribution in [0.1, 0.15) is 29.2 Å². The molecule has 0 aromatic heterocycles. The Morgan fingerprint density at radius 3 is 2.41 bits per heavy atom. The number of aliphatic hydroxyl groups is 1. The van der Waals surface area contributed by atoms with Gasteiger partial charge in [0.25, 0.3) is 5.91 Å². The first-order chi connectivity index (χ1) is 16.0. The van der Waals surface area contributed by atoms with Crippen LogP contribution in [-0.2, 0) is 16.1 Å². The maximum atomic E-state index is 14.0. The molecule has 34 heavy (non-hydrogen) atoms. The lowest BCUT2D eigenvalue weighted by Crippen LogP contribution is -2.59. The van der Waals surface area contributed by atoms with Gasteiger partial charge in [0.15, 0.2) is 6.10 Å². The van der Waals surface area contributed by atoms with E-state index >= 15 is 0 Å². The number of aliphatic hydroxyl groups excluding tert-OH is 1. The SMILES string of the molecule is N=C(N)c1c(F)cc(CNC(=O)C2CCN2C(=O)C(O)c2cc(Cl)cc(OC(F)F)c2)cc1F. The van der Waals surface area contributed by atoms with Crippen molar-refractivity contribution in [3.8, 4) is 5.75 Å². The van der Waals surface area contributed by atoms with Crippen molar-refractivity contribution in [3.05, 3.63) is 63.7 Å². The molecular formula is C21H19ClF4N4O4. The zero-order chi connectivity index (χ0) is 25.2. The first kappa shape index (κ1) is 25.2. The maximum Gasteiger partial charge on any atom is 0.387 e. The lowest BCUT2D eigenvalue weighted by atomic mass is 9.98. The smallest absolute Gasteiger partial charge is 0.387 e. The van der Waals surface area contributed by atoms with Crippen LogP contribution in [0.25, 0.3) is 0 Å². The molecule has 0 saturated carbocycles. The fraction of sp³-hybridized carbons (Fsp3) is 0.286. The van der Waals surface area contributed by atoms with Gasteiger partial charge in [0.2, 0.25) is 5.91 Å². The zero-order valence-corrected chi connectivity index (χ0v) is 18.1. The molecule has 1 fully saturated rings. The molecular weight excluding hydrogens is 484 g/mol. The molecule has 13 heteroatoms. The van der Waals surface area contributed by atoms with Crippen LogP contribution in [0.2, 0.25) is 5.02 Å². The number of likely N-dealkylation sites (tertiary alicyclic amines) is 1. The summed E-state index contributed by atoms with van der Waals surface area (Å²) < 4.78 is 57.1. The summed E-state index contributed by atoms with van der Waals surface area (Å²) in [5.41, 5.74) is 4.42. The van der Waals surface area contributed by atoms with Gasteiger partial charge in [-0.1, -0.05) is 11.6 Å². The Balaban J connectivity index is 1.65. The number of nitrogen functional groups attached to an aromatic ring is 1. The largest absolute Gasteiger partial charge is 0.435 e. The quantitative estimate of drug-likeness (QED) is 0.250. The van der Waals surface area contributed by atoms with Crippen LogP contribution >= 0.6 is 11.6 Å². The van der Waals surface area contributed by atoms with Crippen LogP contribution < -0.4 is 15.8 Å². The monoisotopic (exact) mass is 502 g/mol. The highest BCUT2D eigenvalue weighted by Crippen LogP contribution is 2.29. The Morgan fingerprint density at radius 2 is 1.88 bits per heavy atom. The number of nitrogens with two attached hydrogens (primary N) is 1. The van der Waals surface area contributed by atoms with Crippen LogP contribution in [-0.4, -0.2) is 46.9 Å². The third kappa shape index (κ3) is 5.57. The average Bonchev–Trinajstić information content (AvgIpc) is 2.69. The molecule has 2 aromatic carbocycles. The van der Waals surface area contributed by atoms with Crippen molar-refractivity contribution in [2.45, 2.75) is 31.7 Å². The Hall–Kier alpha value is -3.38. The normalized spacial score (nSPS) is 16.1. The summed E-state index contributed by atoms with van der Waals surface area (Å²) in [6.07, 6.45) is -1.53. The van der Waals surface area contributed by atoms with E-state index in [9.17, 15) is 32.3 Å². The lowest BCUT2D eigenvalue weighted by Gasteiger charge is -2.40. The van der Waals surface area contributed by atoms with Crippen molar-refractivity contribution >= 4 is 29.3 Å². The van der Waals surface area contributed by atoms with Gasteiger partial charge in [-0.15, -0.1) is 0 Å². The van der Waals surface area contributed by atoms with Crippen LogP contribution in [0.3, 0.4) is 0 Å². The number of halogens is 5. The molecule has 2 unspecified atom stereocenters. The van der Waals surface area contributed by atoms with Gasteiger partial charge < -0.3 is 25.8 Å². The third-order valence-corrected chi connectivity index (χ3v) is 5.33. The molecule has 0 bridgehead atoms. The number of carbonyl (C=O) groups excluding carboxylic acids is 2. The van der Waals surface area contributed by atoms with Gasteiger partial charge in [-0.3, -0.25) is 15.0 Å². The summed E-state index contributed by atoms with van der Waals surface area (Å²) in [7, 11) is 0. The van der Waals surface area contributed by atoms with E-state index in [1.807, 2.05) is 0 Å². The first-order valence-electron chi connectivity index (χ1n) is 9.81. The van der Waals surface area contributed by atoms with Gasteiger partial charge >= 0.3 is 6.61 Å². The van der Waals surface area contributed by atoms with E-state index in [0.717, 1.165) is 29.2 Å². The molecule has 0 radical (unpaired) electrons. The number of nitrogens with one attached hydrogen (secondary N) is 2. The molecule has 1 heterocycles. The predicted molar refractivity (Wildman–Crippen MR) is 112 cm³/mol. The highest BCUT2D eigenvalue weighted by Gasteiger charge is 2.40. The fourth-order valence-corrected chi connectivity index (χ4v) is 3.66. The number of amides is 2. The molecule has 3 rings (SSSR count). The van der Waals surface area contributed by atoms with Crippen molar-refractivity contribution in [2.24, 2.45) is 5.73 Å². The van der Waals surface area contributed by atoms with Crippen molar-refractivity contribution in [1.29, 1.82) is 5.41 Å². The number of ether oxygens (including phenoxy) is 1. The number of nitrogens with zero attached hydrogens (tertiary/aromatic N) is 1. The molecule has 8 nitrogen and oxygen atoms in total. The number of rotatable bonds is 8. The molecule has 0 aliphatic carbocycles. The lowest BCUT2D eigenvalue weighted by molar-refractivity contribution is -0.154. The minimum Gasteiger partial charge on any atom is -0.435 e. The number of hydrogen-bond donors (Lipinski definition) is 4. The van der Waals surface area contributed by atoms with E-state index in [2.05, 4.69) is 10.1 Å². The number of hydrogen-bond acceptors (Lipinski definition) is 5. The summed E-state index contributed by atoms with van der Waals surface area (Å²) in [5.74, 6) is -4.73. The third-order valence-electron chi connectivity index (χ3n) is 5.11. The Labute approximate surface area is 195 Å². The highest BCUT2D eigenvalue weighted by atomic mass is 35.5. The molecule has 1 aliphatic heterocycles. The second kappa shape index (κ2) is 10.3. The van der Waals surface area contributed by atoms with Gasteiger partial charge in [0.05, 0.1) is 5.56 Å². The van der Waals surface area contributed by atoms with Crippen LogP contribution in [0.15, 0.2) is 30.3 Å². The van der Waals surface area contributed by atoms with Gasteiger partial charge in [0.1, 0.15) is 29.3 Å². The molecule has 5 N–H and O–H groups in total. The van der Waals surface area contributed by atoms with Crippen molar-refractivity contribution in [1.82, 2.24) is 10.2 Å². The summed E-state index contributed by atoms with van der Waals surface area (Å²) in [6.45, 7) is -3.26. The van der Waals surface area contributed by atoms with Crippen molar-refractivity contribution in [3.63, 3.8) is 0 Å². The minimum absolute atomic E-state index is 0.0480. The van der Waals surface area contributed by atoms with E-state index in [4.69, 9.17) is 22.7 Å². The molecule has 2 atom stereocenters. The number of benzene rings is 2. The van der Waals surface area contributed by atoms with E-state index in [1.54, 1.807) is 0 Å². The first-order valence-corrected chi connectivity index (χ1v) is 10.2. The molecule has 0 spiro atoms. The molecule has 2 aromatic rings. The standard InChI is InChI=1S/C21H19ClF4N4O4/c22-11-5-10(6-12(7-11)34-21(25)26)17(31)20(33)30-2-1-15(30)19(32)29-8-9-3-13(23)16(18(27)28)14(24)4-9/h3-7,15,17,21,31H,1-2,8H2,(H3,27,28)(H,29,32). The number of carbonyl (C=O) groups is 2. The van der Waals surface area contributed by atoms with E-state index in [0.29, 0.717) is 0 Å². The van der Waals surface area contributed by atoms with E-state index < -0.39 is 53.6 Å². The second-order valence-electron chi connectivity index (χ2n) is 7.40. The number of alkyl halides is 2. The molecule has 182 valence electrons. The predicted octanol–water partition coefficient (Wildman–Crippen LogP) is 2.45. The Bertz CT molecular complexity index is 1110. The molecule has 1 saturated heterocycles. The summed E-state index contributed by atoms with van der Waals surface area (Å²) in [5, 5.41) is 20.0. The maximum absolute atomic E-state index is 14.0. The zero-order valence-electron chi connectivity index (χ0n) is 17.3. The Kier molecular flexibility index (Phi) is 7.62. The highest BCUT2D eigenvalue weighted by molar-refractivity contribution is 6.30. The Morgan fingerprint density at radius 1 is 1.24 bits per heavy atom. The van der Waals surface area contributed by atoms with E-state index in [1.165, 1.54) is 6.07 Å². The summed E-state index contributed by atoms with van der Waals surface area (Å²) >= 11 is 5.84. The summed E-state index contributed by atoms with van der Waals surface area (Å²) in [4.78, 5) is 26.3. The van der Waals surface area contributed by atoms with Gasteiger partial charge in [-0.25, -0.2) is 8.78 Å². The average molecular weight is 503 g/mol. The van der Waals surface area contributed by atoms with Crippen molar-refractivity contribution < 1.29 is 37.0 Å².